The van der Waals surface area contributed by atoms with Crippen molar-refractivity contribution in [3.05, 3.63) is 0 Å². The number of methoxy groups -OCH3 is 1. The lowest BCUT2D eigenvalue weighted by atomic mass is 10.6. The fourth-order valence-corrected chi connectivity index (χ4v) is 0.253. The first-order valence-electron chi connectivity index (χ1n) is 2.37. The van der Waals surface area contributed by atoms with Gasteiger partial charge in [0, 0.05) is 21.2 Å². The zero-order chi connectivity index (χ0) is 6.57. The summed E-state index contributed by atoms with van der Waals surface area (Å²) < 4.78 is 4.57. The Balaban J connectivity index is 3.33. The van der Waals surface area contributed by atoms with E-state index in [0.29, 0.717) is 0 Å². The summed E-state index contributed by atoms with van der Waals surface area (Å²) in [5.74, 6) is -0.00694. The maximum Gasteiger partial charge on any atom is 0.248 e. The Hall–Kier alpha value is -0.570. The van der Waals surface area contributed by atoms with Crippen molar-refractivity contribution in [3.63, 3.8) is 0 Å². The summed E-state index contributed by atoms with van der Waals surface area (Å²) in [6, 6.07) is 0. The quantitative estimate of drug-likeness (QED) is 0.498. The minimum absolute atomic E-state index is 0.00694. The normalized spacial score (nSPS) is 8.88. The average molecular weight is 117 g/mol. The number of hydrogen-bond donors (Lipinski definition) is 0. The highest BCUT2D eigenvalue weighted by atomic mass is 16.5. The third-order valence-electron chi connectivity index (χ3n) is 0.767. The molecule has 48 valence electrons. The molecule has 0 aliphatic rings. The van der Waals surface area contributed by atoms with Crippen molar-refractivity contribution in [2.75, 3.05) is 27.8 Å². The molecule has 0 rings (SSSR count). The van der Waals surface area contributed by atoms with E-state index in [4.69, 9.17) is 0 Å². The van der Waals surface area contributed by atoms with Crippen molar-refractivity contribution in [1.29, 1.82) is 0 Å². The summed E-state index contributed by atoms with van der Waals surface area (Å²) in [4.78, 5) is 12.0. The van der Waals surface area contributed by atoms with Crippen molar-refractivity contribution in [1.82, 2.24) is 4.90 Å². The molecule has 0 saturated heterocycles. The Kier molecular flexibility index (Phi) is 3.19. The van der Waals surface area contributed by atoms with Crippen molar-refractivity contribution in [2.45, 2.75) is 0 Å². The Morgan fingerprint density at radius 3 is 2.25 bits per heavy atom. The van der Waals surface area contributed by atoms with Gasteiger partial charge >= 0.3 is 0 Å². The molecule has 0 aromatic rings. The van der Waals surface area contributed by atoms with E-state index in [1.54, 1.807) is 14.1 Å². The average Bonchev–Trinajstić information content (AvgIpc) is 1.67. The van der Waals surface area contributed by atoms with Gasteiger partial charge in [-0.05, 0) is 0 Å². The van der Waals surface area contributed by atoms with E-state index in [2.05, 4.69) is 4.74 Å². The monoisotopic (exact) mass is 117 g/mol. The molecule has 0 aliphatic carbocycles. The van der Waals surface area contributed by atoms with E-state index in [-0.39, 0.29) is 12.5 Å². The summed E-state index contributed by atoms with van der Waals surface area (Å²) in [5.41, 5.74) is 0. The zero-order valence-electron chi connectivity index (χ0n) is 5.47. The molecule has 8 heavy (non-hydrogen) atoms. The highest BCUT2D eigenvalue weighted by molar-refractivity contribution is 5.76. The largest absolute Gasteiger partial charge is 0.375 e. The van der Waals surface area contributed by atoms with Crippen LogP contribution >= 0.6 is 0 Å². The second kappa shape index (κ2) is 3.43. The molecular formula is C5H11NO2. The van der Waals surface area contributed by atoms with Crippen LogP contribution in [0.5, 0.6) is 0 Å². The Labute approximate surface area is 49.2 Å². The molecule has 0 unspecified atom stereocenters. The van der Waals surface area contributed by atoms with Crippen molar-refractivity contribution in [2.24, 2.45) is 0 Å². The molecule has 0 aliphatic heterocycles. The molecule has 0 bridgehead atoms. The second-order valence-corrected chi connectivity index (χ2v) is 1.72. The highest BCUT2D eigenvalue weighted by Crippen LogP contribution is 1.76. The molecule has 3 heteroatoms. The summed E-state index contributed by atoms with van der Waals surface area (Å²) >= 11 is 0. The lowest BCUT2D eigenvalue weighted by Crippen LogP contribution is -2.25. The van der Waals surface area contributed by atoms with Gasteiger partial charge in [-0.3, -0.25) is 4.79 Å². The van der Waals surface area contributed by atoms with Gasteiger partial charge in [0.1, 0.15) is 6.61 Å². The van der Waals surface area contributed by atoms with Crippen LogP contribution in [0.3, 0.4) is 0 Å². The first-order chi connectivity index (χ1) is 3.68. The minimum atomic E-state index is -0.00694. The topological polar surface area (TPSA) is 29.5 Å². The van der Waals surface area contributed by atoms with Gasteiger partial charge in [0.25, 0.3) is 0 Å². The van der Waals surface area contributed by atoms with Gasteiger partial charge in [0.15, 0.2) is 0 Å². The zero-order valence-corrected chi connectivity index (χ0v) is 5.47. The van der Waals surface area contributed by atoms with E-state index < -0.39 is 0 Å². The smallest absolute Gasteiger partial charge is 0.248 e. The number of rotatable bonds is 2. The molecule has 0 fully saturated rings. The number of likely N-dealkylation sites (N-methyl/N-ethyl adjacent to an activating group) is 1. The molecule has 0 N–H and O–H groups in total. The number of carbonyl (C=O) groups is 1. The molecule has 1 amide bonds. The van der Waals surface area contributed by atoms with Crippen LogP contribution < -0.4 is 0 Å². The number of ether oxygens (including phenoxy) is 1. The fourth-order valence-electron chi connectivity index (χ4n) is 0.253. The third kappa shape index (κ3) is 2.58. The standard InChI is InChI=1S/C5H11NO2/c1-6(2)5(7)4-8-3/h4H2,1-3H3. The third-order valence-corrected chi connectivity index (χ3v) is 0.767. The summed E-state index contributed by atoms with van der Waals surface area (Å²) in [5, 5.41) is 0. The van der Waals surface area contributed by atoms with E-state index in [9.17, 15) is 4.79 Å². The lowest BCUT2D eigenvalue weighted by molar-refractivity contribution is -0.132. The first kappa shape index (κ1) is 7.43. The van der Waals surface area contributed by atoms with E-state index in [0.717, 1.165) is 0 Å². The SMILES string of the molecule is COCC(=O)N(C)C. The minimum Gasteiger partial charge on any atom is -0.375 e. The molecule has 0 aromatic heterocycles. The van der Waals surface area contributed by atoms with Gasteiger partial charge in [-0.15, -0.1) is 0 Å². The molecule has 0 radical (unpaired) electrons. The van der Waals surface area contributed by atoms with Gasteiger partial charge in [-0.2, -0.15) is 0 Å². The van der Waals surface area contributed by atoms with E-state index >= 15 is 0 Å². The Morgan fingerprint density at radius 1 is 1.62 bits per heavy atom. The van der Waals surface area contributed by atoms with Crippen LogP contribution in [0.4, 0.5) is 0 Å². The highest BCUT2D eigenvalue weighted by Gasteiger charge is 1.99. The number of amides is 1. The predicted octanol–water partition coefficient (Wildman–Crippen LogP) is -0.279. The maximum atomic E-state index is 10.5. The summed E-state index contributed by atoms with van der Waals surface area (Å²) in [6.07, 6.45) is 0. The van der Waals surface area contributed by atoms with E-state index in [1.165, 1.54) is 12.0 Å². The second-order valence-electron chi connectivity index (χ2n) is 1.72. The summed E-state index contributed by atoms with van der Waals surface area (Å²) in [7, 11) is 4.89. The Morgan fingerprint density at radius 2 is 2.12 bits per heavy atom. The number of nitrogens with zero attached hydrogens (tertiary/aromatic N) is 1. The molecule has 0 heterocycles. The van der Waals surface area contributed by atoms with Crippen LogP contribution in [-0.4, -0.2) is 38.6 Å². The molecule has 3 nitrogen and oxygen atoms in total. The van der Waals surface area contributed by atoms with Crippen molar-refractivity contribution < 1.29 is 9.53 Å². The van der Waals surface area contributed by atoms with Crippen LogP contribution in [0.1, 0.15) is 0 Å². The van der Waals surface area contributed by atoms with Gasteiger partial charge in [-0.25, -0.2) is 0 Å². The molecule has 0 atom stereocenters. The van der Waals surface area contributed by atoms with Crippen LogP contribution in [0.2, 0.25) is 0 Å². The molecule has 0 aromatic carbocycles. The van der Waals surface area contributed by atoms with Gasteiger partial charge < -0.3 is 9.64 Å². The fraction of sp³-hybridized carbons (Fsp3) is 0.800. The number of hydrogen-bond acceptors (Lipinski definition) is 2. The van der Waals surface area contributed by atoms with E-state index in [1.807, 2.05) is 0 Å². The van der Waals surface area contributed by atoms with Gasteiger partial charge in [0.2, 0.25) is 5.91 Å². The maximum absolute atomic E-state index is 10.5. The van der Waals surface area contributed by atoms with Crippen LogP contribution in [0.25, 0.3) is 0 Å². The van der Waals surface area contributed by atoms with Crippen LogP contribution in [0, 0.1) is 0 Å². The lowest BCUT2D eigenvalue weighted by Gasteiger charge is -2.07. The van der Waals surface area contributed by atoms with Crippen LogP contribution in [-0.2, 0) is 9.53 Å². The first-order valence-corrected chi connectivity index (χ1v) is 2.37. The van der Waals surface area contributed by atoms with Gasteiger partial charge in [0.05, 0.1) is 0 Å². The Bertz CT molecular complexity index is 80.5. The van der Waals surface area contributed by atoms with Gasteiger partial charge in [-0.1, -0.05) is 0 Å². The molecule has 0 spiro atoms. The molecule has 0 saturated carbocycles. The molecular weight excluding hydrogens is 106 g/mol. The van der Waals surface area contributed by atoms with Crippen molar-refractivity contribution >= 4 is 5.91 Å². The predicted molar refractivity (Wildman–Crippen MR) is 30.6 cm³/mol. The van der Waals surface area contributed by atoms with Crippen molar-refractivity contribution in [3.8, 4) is 0 Å². The number of carbonyl (C=O) groups excluding carboxylic acids is 1. The van der Waals surface area contributed by atoms with Crippen LogP contribution in [0.15, 0.2) is 0 Å². The summed E-state index contributed by atoms with van der Waals surface area (Å²) in [6.45, 7) is 0.174.